The van der Waals surface area contributed by atoms with Crippen LogP contribution in [-0.4, -0.2) is 29.9 Å². The number of oxazole rings is 1. The van der Waals surface area contributed by atoms with E-state index in [0.717, 1.165) is 0 Å². The van der Waals surface area contributed by atoms with Crippen molar-refractivity contribution in [2.45, 2.75) is 60.1 Å². The number of alkyl carbamates (subject to hydrolysis) is 1. The van der Waals surface area contributed by atoms with Crippen LogP contribution in [0.25, 0.3) is 0 Å². The first-order valence-corrected chi connectivity index (χ1v) is 9.43. The maximum Gasteiger partial charge on any atom is 0.408 e. The highest BCUT2D eigenvalue weighted by atomic mass is 31.2. The van der Waals surface area contributed by atoms with E-state index < -0.39 is 25.3 Å². The number of nitrogens with one attached hydrogen (secondary N) is 1. The van der Waals surface area contributed by atoms with Gasteiger partial charge in [0.15, 0.2) is 5.44 Å². The first kappa shape index (κ1) is 20.7. The fourth-order valence-corrected chi connectivity index (χ4v) is 3.54. The Balaban J connectivity index is 2.96. The summed E-state index contributed by atoms with van der Waals surface area (Å²) in [4.78, 5) is 16.0. The minimum Gasteiger partial charge on any atom is -0.444 e. The Bertz CT molecular complexity index is 598. The Labute approximate surface area is 142 Å². The van der Waals surface area contributed by atoms with E-state index in [1.54, 1.807) is 48.5 Å². The molecule has 1 aromatic heterocycles. The van der Waals surface area contributed by atoms with Crippen molar-refractivity contribution in [3.63, 3.8) is 0 Å². The zero-order chi connectivity index (χ0) is 18.5. The normalized spacial score (nSPS) is 13.6. The predicted molar refractivity (Wildman–Crippen MR) is 89.5 cm³/mol. The fraction of sp³-hybridized carbons (Fsp3) is 0.733. The molecule has 8 nitrogen and oxygen atoms in total. The van der Waals surface area contributed by atoms with E-state index in [4.69, 9.17) is 18.2 Å². The number of ether oxygens (including phenoxy) is 1. The van der Waals surface area contributed by atoms with Crippen LogP contribution in [0, 0.1) is 6.92 Å². The smallest absolute Gasteiger partial charge is 0.408 e. The molecule has 0 fully saturated rings. The summed E-state index contributed by atoms with van der Waals surface area (Å²) in [5.41, 5.74) is -0.486. The highest BCUT2D eigenvalue weighted by Crippen LogP contribution is 2.47. The van der Waals surface area contributed by atoms with Gasteiger partial charge in [-0.15, -0.1) is 0 Å². The molecule has 0 spiro atoms. The molecule has 1 amide bonds. The number of aromatic nitrogens is 1. The number of hydrogen-bond acceptors (Lipinski definition) is 7. The summed E-state index contributed by atoms with van der Waals surface area (Å²) < 4.78 is 34.1. The van der Waals surface area contributed by atoms with Gasteiger partial charge < -0.3 is 23.5 Å². The zero-order valence-electron chi connectivity index (χ0n) is 15.3. The summed E-state index contributed by atoms with van der Waals surface area (Å²) in [6.45, 7) is 12.5. The molecule has 0 radical (unpaired) electrons. The van der Waals surface area contributed by atoms with Gasteiger partial charge in [0.2, 0.25) is 5.89 Å². The second-order valence-electron chi connectivity index (χ2n) is 6.13. The predicted octanol–water partition coefficient (Wildman–Crippen LogP) is 3.46. The van der Waals surface area contributed by atoms with Crippen LogP contribution in [0.3, 0.4) is 0 Å². The molecule has 1 rings (SSSR count). The second-order valence-corrected chi connectivity index (χ2v) is 8.07. The molecule has 0 saturated heterocycles. The minimum absolute atomic E-state index is 0.124. The third kappa shape index (κ3) is 5.61. The van der Waals surface area contributed by atoms with Gasteiger partial charge in [0, 0.05) is 0 Å². The highest BCUT2D eigenvalue weighted by Gasteiger charge is 2.34. The Morgan fingerprint density at radius 1 is 1.29 bits per heavy atom. The van der Waals surface area contributed by atoms with Gasteiger partial charge in [-0.1, -0.05) is 0 Å². The molecule has 1 aromatic rings. The number of hydrogen-bond donors (Lipinski definition) is 1. The van der Waals surface area contributed by atoms with Gasteiger partial charge in [0.1, 0.15) is 17.4 Å². The van der Waals surface area contributed by atoms with E-state index >= 15 is 0 Å². The molecule has 0 aromatic carbocycles. The molecule has 24 heavy (non-hydrogen) atoms. The third-order valence-corrected chi connectivity index (χ3v) is 4.88. The van der Waals surface area contributed by atoms with E-state index in [-0.39, 0.29) is 24.5 Å². The zero-order valence-corrected chi connectivity index (χ0v) is 16.2. The van der Waals surface area contributed by atoms with Crippen LogP contribution in [0.4, 0.5) is 4.79 Å². The van der Waals surface area contributed by atoms with Crippen molar-refractivity contribution in [2.24, 2.45) is 0 Å². The first-order valence-electron chi connectivity index (χ1n) is 7.89. The number of rotatable bonds is 7. The van der Waals surface area contributed by atoms with Gasteiger partial charge in [-0.2, -0.15) is 0 Å². The Kier molecular flexibility index (Phi) is 7.01. The van der Waals surface area contributed by atoms with E-state index in [1.807, 2.05) is 0 Å². The number of aryl methyl sites for hydroxylation is 1. The summed E-state index contributed by atoms with van der Waals surface area (Å²) in [5, 5.41) is 2.62. The summed E-state index contributed by atoms with van der Waals surface area (Å²) >= 11 is 0. The Morgan fingerprint density at radius 2 is 1.83 bits per heavy atom. The lowest BCUT2D eigenvalue weighted by molar-refractivity contribution is 0.0500. The molecule has 9 heteroatoms. The topological polar surface area (TPSA) is 99.9 Å². The molecule has 138 valence electrons. The Hall–Kier alpha value is -1.37. The molecule has 0 aliphatic heterocycles. The molecule has 0 aliphatic carbocycles. The third-order valence-electron chi connectivity index (χ3n) is 2.75. The molecule has 0 bridgehead atoms. The van der Waals surface area contributed by atoms with Gasteiger partial charge in [0.05, 0.1) is 13.2 Å². The second kappa shape index (κ2) is 8.14. The number of nitrogens with zero attached hydrogens (tertiary/aromatic N) is 1. The first-order chi connectivity index (χ1) is 11.0. The number of carbonyl (C=O) groups excluding carboxylic acids is 1. The van der Waals surface area contributed by atoms with E-state index in [0.29, 0.717) is 5.76 Å². The molecular weight excluding hydrogens is 335 g/mol. The molecule has 0 saturated carbocycles. The summed E-state index contributed by atoms with van der Waals surface area (Å²) in [5.74, 6) is 0.529. The maximum atomic E-state index is 12.8. The van der Waals surface area contributed by atoms with Gasteiger partial charge in [-0.25, -0.2) is 9.78 Å². The SMILES string of the molecule is CCOP(=O)(OCC)c1nc([C@H](C)NC(=O)OC(C)(C)C)oc1C. The molecule has 1 atom stereocenters. The van der Waals surface area contributed by atoms with Crippen LogP contribution in [0.5, 0.6) is 0 Å². The van der Waals surface area contributed by atoms with Crippen molar-refractivity contribution in [1.29, 1.82) is 0 Å². The summed E-state index contributed by atoms with van der Waals surface area (Å²) in [6.07, 6.45) is -0.592. The lowest BCUT2D eigenvalue weighted by atomic mass is 10.2. The van der Waals surface area contributed by atoms with Crippen molar-refractivity contribution >= 4 is 19.1 Å². The van der Waals surface area contributed by atoms with Crippen molar-refractivity contribution in [1.82, 2.24) is 10.3 Å². The van der Waals surface area contributed by atoms with Crippen LogP contribution < -0.4 is 10.8 Å². The highest BCUT2D eigenvalue weighted by molar-refractivity contribution is 7.62. The number of carbonyl (C=O) groups is 1. The molecule has 0 unspecified atom stereocenters. The monoisotopic (exact) mass is 362 g/mol. The summed E-state index contributed by atoms with van der Waals surface area (Å²) in [6, 6.07) is -0.566. The van der Waals surface area contributed by atoms with Crippen LogP contribution in [0.2, 0.25) is 0 Å². The van der Waals surface area contributed by atoms with Crippen molar-refractivity contribution in [3.05, 3.63) is 11.7 Å². The molecular formula is C15H27N2O6P. The lowest BCUT2D eigenvalue weighted by Crippen LogP contribution is -2.34. The van der Waals surface area contributed by atoms with Gasteiger partial charge in [0.25, 0.3) is 0 Å². The fourth-order valence-electron chi connectivity index (χ4n) is 1.89. The minimum atomic E-state index is -3.54. The number of amides is 1. The van der Waals surface area contributed by atoms with E-state index in [1.165, 1.54) is 0 Å². The van der Waals surface area contributed by atoms with E-state index in [9.17, 15) is 9.36 Å². The van der Waals surface area contributed by atoms with Crippen LogP contribution in [-0.2, 0) is 18.3 Å². The van der Waals surface area contributed by atoms with Gasteiger partial charge in [-0.05, 0) is 48.5 Å². The van der Waals surface area contributed by atoms with Gasteiger partial charge >= 0.3 is 13.7 Å². The average Bonchev–Trinajstić information content (AvgIpc) is 2.79. The maximum absolute atomic E-state index is 12.8. The van der Waals surface area contributed by atoms with Crippen LogP contribution in [0.15, 0.2) is 4.42 Å². The standard InChI is InChI=1S/C15H27N2O6P/c1-8-20-24(19,21-9-2)13-11(4)22-12(17-13)10(3)16-14(18)23-15(5,6)7/h10H,8-9H2,1-7H3,(H,16,18)/t10-/m0/s1. The Morgan fingerprint density at radius 3 is 2.29 bits per heavy atom. The van der Waals surface area contributed by atoms with Gasteiger partial charge in [-0.3, -0.25) is 4.57 Å². The van der Waals surface area contributed by atoms with E-state index in [2.05, 4.69) is 10.3 Å². The average molecular weight is 362 g/mol. The van der Waals surface area contributed by atoms with Crippen LogP contribution in [0.1, 0.15) is 59.2 Å². The largest absolute Gasteiger partial charge is 0.444 e. The van der Waals surface area contributed by atoms with Crippen molar-refractivity contribution in [3.8, 4) is 0 Å². The van der Waals surface area contributed by atoms with Crippen molar-refractivity contribution < 1.29 is 27.6 Å². The quantitative estimate of drug-likeness (QED) is 0.741. The molecule has 1 heterocycles. The lowest BCUT2D eigenvalue weighted by Gasteiger charge is -2.21. The molecule has 1 N–H and O–H groups in total. The van der Waals surface area contributed by atoms with Crippen molar-refractivity contribution in [2.75, 3.05) is 13.2 Å². The molecule has 0 aliphatic rings. The summed E-state index contributed by atoms with van der Waals surface area (Å²) in [7, 11) is -3.54. The van der Waals surface area contributed by atoms with Crippen LogP contribution >= 0.6 is 7.60 Å².